The van der Waals surface area contributed by atoms with Gasteiger partial charge in [0.15, 0.2) is 5.78 Å². The van der Waals surface area contributed by atoms with E-state index in [2.05, 4.69) is 0 Å². The van der Waals surface area contributed by atoms with E-state index in [4.69, 9.17) is 11.6 Å². The minimum Gasteiger partial charge on any atom is -0.293 e. The molecule has 24 heavy (non-hydrogen) atoms. The van der Waals surface area contributed by atoms with Gasteiger partial charge in [-0.15, -0.1) is 11.3 Å². The maximum absolute atomic E-state index is 12.5. The van der Waals surface area contributed by atoms with Gasteiger partial charge in [-0.05, 0) is 35.7 Å². The van der Waals surface area contributed by atoms with Gasteiger partial charge in [0, 0.05) is 36.8 Å². The highest BCUT2D eigenvalue weighted by Gasteiger charge is 2.29. The summed E-state index contributed by atoms with van der Waals surface area (Å²) in [7, 11) is -3.40. The zero-order chi connectivity index (χ0) is 17.2. The second-order valence-corrected chi connectivity index (χ2v) is 9.09. The molecule has 2 heterocycles. The molecular formula is C16H17ClN2O3S2. The Kier molecular flexibility index (Phi) is 5.36. The van der Waals surface area contributed by atoms with E-state index in [1.54, 1.807) is 41.8 Å². The van der Waals surface area contributed by atoms with Crippen molar-refractivity contribution in [3.63, 3.8) is 0 Å². The lowest BCUT2D eigenvalue weighted by molar-refractivity contribution is 0.0902. The summed E-state index contributed by atoms with van der Waals surface area (Å²) < 4.78 is 26.8. The van der Waals surface area contributed by atoms with E-state index in [1.165, 1.54) is 15.6 Å². The van der Waals surface area contributed by atoms with E-state index in [-0.39, 0.29) is 12.3 Å². The third kappa shape index (κ3) is 3.87. The van der Waals surface area contributed by atoms with Gasteiger partial charge < -0.3 is 0 Å². The van der Waals surface area contributed by atoms with Crippen molar-refractivity contribution in [1.82, 2.24) is 9.21 Å². The van der Waals surface area contributed by atoms with E-state index in [0.717, 1.165) is 0 Å². The molecule has 0 unspecified atom stereocenters. The van der Waals surface area contributed by atoms with Crippen LogP contribution >= 0.6 is 22.9 Å². The molecule has 8 heteroatoms. The normalized spacial score (nSPS) is 17.0. The Morgan fingerprint density at radius 2 is 1.75 bits per heavy atom. The van der Waals surface area contributed by atoms with Crippen LogP contribution in [-0.4, -0.2) is 56.1 Å². The van der Waals surface area contributed by atoms with Crippen molar-refractivity contribution in [2.24, 2.45) is 0 Å². The Bertz CT molecular complexity index is 796. The van der Waals surface area contributed by atoms with E-state index in [1.807, 2.05) is 4.90 Å². The predicted octanol–water partition coefficient (Wildman–Crippen LogP) is 2.59. The van der Waals surface area contributed by atoms with E-state index >= 15 is 0 Å². The lowest BCUT2D eigenvalue weighted by Gasteiger charge is -2.33. The molecule has 1 saturated heterocycles. The fraction of sp³-hybridized carbons (Fsp3) is 0.312. The SMILES string of the molecule is O=C(CN1CCN(S(=O)(=O)c2cccs2)CC1)c1ccc(Cl)cc1. The topological polar surface area (TPSA) is 57.7 Å². The van der Waals surface area contributed by atoms with E-state index in [0.29, 0.717) is 41.0 Å². The molecule has 1 aromatic carbocycles. The molecule has 0 saturated carbocycles. The van der Waals surface area contributed by atoms with Crippen molar-refractivity contribution in [1.29, 1.82) is 0 Å². The first-order valence-corrected chi connectivity index (χ1v) is 10.2. The number of hydrogen-bond donors (Lipinski definition) is 0. The van der Waals surface area contributed by atoms with Gasteiger partial charge in [0.25, 0.3) is 10.0 Å². The first-order chi connectivity index (χ1) is 11.5. The van der Waals surface area contributed by atoms with Gasteiger partial charge in [0.1, 0.15) is 4.21 Å². The number of rotatable bonds is 5. The number of nitrogens with zero attached hydrogens (tertiary/aromatic N) is 2. The molecule has 0 aliphatic carbocycles. The number of carbonyl (C=O) groups excluding carboxylic acids is 1. The monoisotopic (exact) mass is 384 g/mol. The molecule has 2 aromatic rings. The minimum atomic E-state index is -3.40. The number of piperazine rings is 1. The Morgan fingerprint density at radius 3 is 2.33 bits per heavy atom. The number of halogens is 1. The maximum atomic E-state index is 12.5. The molecule has 128 valence electrons. The zero-order valence-corrected chi connectivity index (χ0v) is 15.3. The van der Waals surface area contributed by atoms with Crippen LogP contribution in [0.1, 0.15) is 10.4 Å². The van der Waals surface area contributed by atoms with Crippen LogP contribution in [0.4, 0.5) is 0 Å². The minimum absolute atomic E-state index is 0.0150. The first kappa shape index (κ1) is 17.6. The average molecular weight is 385 g/mol. The molecule has 0 radical (unpaired) electrons. The highest BCUT2D eigenvalue weighted by atomic mass is 35.5. The Balaban J connectivity index is 1.57. The number of carbonyl (C=O) groups is 1. The van der Waals surface area contributed by atoms with Gasteiger partial charge in [-0.2, -0.15) is 4.31 Å². The highest BCUT2D eigenvalue weighted by molar-refractivity contribution is 7.91. The van der Waals surface area contributed by atoms with Crippen LogP contribution < -0.4 is 0 Å². The Hall–Kier alpha value is -1.25. The molecule has 0 N–H and O–H groups in total. The molecule has 1 fully saturated rings. The molecule has 0 amide bonds. The third-order valence-corrected chi connectivity index (χ3v) is 7.48. The fourth-order valence-corrected chi connectivity index (χ4v) is 5.29. The predicted molar refractivity (Wildman–Crippen MR) is 95.3 cm³/mol. The second-order valence-electron chi connectivity index (χ2n) is 5.54. The first-order valence-electron chi connectivity index (χ1n) is 7.51. The standard InChI is InChI=1S/C16H17ClN2O3S2/c17-14-5-3-13(4-6-14)15(20)12-18-7-9-19(10-8-18)24(21,22)16-2-1-11-23-16/h1-6,11H,7-10,12H2. The molecule has 0 atom stereocenters. The fourth-order valence-electron chi connectivity index (χ4n) is 2.60. The summed E-state index contributed by atoms with van der Waals surface area (Å²) in [5.41, 5.74) is 0.619. The number of hydrogen-bond acceptors (Lipinski definition) is 5. The van der Waals surface area contributed by atoms with Gasteiger partial charge in [-0.3, -0.25) is 9.69 Å². The van der Waals surface area contributed by atoms with E-state index < -0.39 is 10.0 Å². The second kappa shape index (κ2) is 7.33. The Morgan fingerprint density at radius 1 is 1.08 bits per heavy atom. The zero-order valence-electron chi connectivity index (χ0n) is 12.9. The lowest BCUT2D eigenvalue weighted by Crippen LogP contribution is -2.49. The van der Waals surface area contributed by atoms with Crippen molar-refractivity contribution in [2.45, 2.75) is 4.21 Å². The van der Waals surface area contributed by atoms with Crippen LogP contribution in [0.2, 0.25) is 5.02 Å². The molecule has 1 aliphatic rings. The van der Waals surface area contributed by atoms with Gasteiger partial charge in [-0.1, -0.05) is 17.7 Å². The van der Waals surface area contributed by atoms with Crippen molar-refractivity contribution < 1.29 is 13.2 Å². The molecule has 1 aromatic heterocycles. The molecule has 0 spiro atoms. The highest BCUT2D eigenvalue weighted by Crippen LogP contribution is 2.22. The summed E-state index contributed by atoms with van der Waals surface area (Å²) in [5, 5.41) is 2.35. The summed E-state index contributed by atoms with van der Waals surface area (Å²) in [5.74, 6) is 0.0150. The third-order valence-electron chi connectivity index (χ3n) is 3.95. The molecule has 1 aliphatic heterocycles. The van der Waals surface area contributed by atoms with Crippen LogP contribution in [0.25, 0.3) is 0 Å². The van der Waals surface area contributed by atoms with Crippen molar-refractivity contribution in [3.8, 4) is 0 Å². The van der Waals surface area contributed by atoms with Crippen molar-refractivity contribution in [3.05, 3.63) is 52.4 Å². The van der Waals surface area contributed by atoms with Crippen LogP contribution in [0.5, 0.6) is 0 Å². The average Bonchev–Trinajstić information content (AvgIpc) is 3.11. The smallest absolute Gasteiger partial charge is 0.252 e. The van der Waals surface area contributed by atoms with Gasteiger partial charge in [0.2, 0.25) is 0 Å². The van der Waals surface area contributed by atoms with Crippen LogP contribution in [0, 0.1) is 0 Å². The number of thiophene rings is 1. The number of ketones is 1. The molecule has 0 bridgehead atoms. The van der Waals surface area contributed by atoms with Crippen molar-refractivity contribution >= 4 is 38.7 Å². The molecule has 3 rings (SSSR count). The van der Waals surface area contributed by atoms with Crippen LogP contribution in [0.3, 0.4) is 0 Å². The van der Waals surface area contributed by atoms with Crippen LogP contribution in [0.15, 0.2) is 46.0 Å². The summed E-state index contributed by atoms with van der Waals surface area (Å²) >= 11 is 7.05. The van der Waals surface area contributed by atoms with Crippen molar-refractivity contribution in [2.75, 3.05) is 32.7 Å². The summed E-state index contributed by atoms with van der Waals surface area (Å²) in [4.78, 5) is 14.3. The number of sulfonamides is 1. The molecular weight excluding hydrogens is 368 g/mol. The maximum Gasteiger partial charge on any atom is 0.252 e. The molecule has 5 nitrogen and oxygen atoms in total. The quantitative estimate of drug-likeness (QED) is 0.743. The van der Waals surface area contributed by atoms with Crippen LogP contribution in [-0.2, 0) is 10.0 Å². The van der Waals surface area contributed by atoms with Gasteiger partial charge >= 0.3 is 0 Å². The summed E-state index contributed by atoms with van der Waals surface area (Å²) in [6, 6.07) is 10.2. The largest absolute Gasteiger partial charge is 0.293 e. The Labute approximate surface area is 150 Å². The van der Waals surface area contributed by atoms with Gasteiger partial charge in [-0.25, -0.2) is 8.42 Å². The van der Waals surface area contributed by atoms with Gasteiger partial charge in [0.05, 0.1) is 6.54 Å². The van der Waals surface area contributed by atoms with E-state index in [9.17, 15) is 13.2 Å². The summed E-state index contributed by atoms with van der Waals surface area (Å²) in [6.45, 7) is 2.17. The number of Topliss-reactive ketones (excluding diaryl/α,β-unsaturated/α-hetero) is 1. The number of benzene rings is 1. The lowest BCUT2D eigenvalue weighted by atomic mass is 10.1. The summed E-state index contributed by atoms with van der Waals surface area (Å²) in [6.07, 6.45) is 0.